The van der Waals surface area contributed by atoms with Crippen molar-refractivity contribution in [1.82, 2.24) is 17.6 Å². The first-order valence-corrected chi connectivity index (χ1v) is 9.78. The van der Waals surface area contributed by atoms with Gasteiger partial charge in [0.1, 0.15) is 0 Å². The molecule has 0 saturated carbocycles. The van der Waals surface area contributed by atoms with E-state index in [1.165, 1.54) is 27.8 Å². The summed E-state index contributed by atoms with van der Waals surface area (Å²) in [5, 5.41) is 4.47. The highest BCUT2D eigenvalue weighted by Crippen LogP contribution is 2.20. The average molecular weight is 446 g/mol. The van der Waals surface area contributed by atoms with Gasteiger partial charge < -0.3 is 0 Å². The summed E-state index contributed by atoms with van der Waals surface area (Å²) in [7, 11) is 0. The molecule has 0 amide bonds. The fraction of sp³-hybridized carbons (Fsp3) is 0.350. The standard InChI is InChI=1S/C20H23IN4/c1-16-5-6-17(15-23-8-10-24(21)11-9-23)12-18(16)13-19-14-22-25-7-3-2-4-20(19)25/h2-7,12,14H,8-11,13,15H2,1H3. The Morgan fingerprint density at radius 3 is 2.72 bits per heavy atom. The van der Waals surface area contributed by atoms with Gasteiger partial charge in [-0.15, -0.1) is 0 Å². The van der Waals surface area contributed by atoms with Gasteiger partial charge in [-0.25, -0.2) is 7.63 Å². The number of rotatable bonds is 4. The number of aromatic nitrogens is 2. The first kappa shape index (κ1) is 17.0. The van der Waals surface area contributed by atoms with Gasteiger partial charge in [-0.3, -0.25) is 4.90 Å². The lowest BCUT2D eigenvalue weighted by Crippen LogP contribution is -2.41. The van der Waals surface area contributed by atoms with Crippen molar-refractivity contribution in [1.29, 1.82) is 0 Å². The average Bonchev–Trinajstić information content (AvgIpc) is 3.03. The van der Waals surface area contributed by atoms with Crippen LogP contribution in [-0.2, 0) is 13.0 Å². The van der Waals surface area contributed by atoms with E-state index in [1.807, 2.05) is 23.0 Å². The molecule has 2 aromatic heterocycles. The van der Waals surface area contributed by atoms with Gasteiger partial charge in [-0.05, 0) is 35.7 Å². The molecule has 4 rings (SSSR count). The minimum atomic E-state index is 0.939. The Bertz CT molecular complexity index is 865. The van der Waals surface area contributed by atoms with Gasteiger partial charge in [0, 0.05) is 73.8 Å². The molecular formula is C20H23IN4. The van der Waals surface area contributed by atoms with E-state index in [-0.39, 0.29) is 0 Å². The molecule has 0 bridgehead atoms. The minimum Gasteiger partial charge on any atom is -0.296 e. The number of pyridine rings is 1. The number of aryl methyl sites for hydroxylation is 1. The summed E-state index contributed by atoms with van der Waals surface area (Å²) < 4.78 is 4.33. The van der Waals surface area contributed by atoms with E-state index in [0.717, 1.165) is 39.1 Å². The maximum absolute atomic E-state index is 4.47. The van der Waals surface area contributed by atoms with Crippen molar-refractivity contribution < 1.29 is 0 Å². The van der Waals surface area contributed by atoms with Gasteiger partial charge in [-0.1, -0.05) is 24.3 Å². The highest BCUT2D eigenvalue weighted by atomic mass is 127. The van der Waals surface area contributed by atoms with E-state index >= 15 is 0 Å². The predicted molar refractivity (Wildman–Crippen MR) is 110 cm³/mol. The van der Waals surface area contributed by atoms with Crippen LogP contribution in [0, 0.1) is 6.92 Å². The molecule has 4 nitrogen and oxygen atoms in total. The highest BCUT2D eigenvalue weighted by molar-refractivity contribution is 14.1. The summed E-state index contributed by atoms with van der Waals surface area (Å²) >= 11 is 2.42. The Kier molecular flexibility index (Phi) is 5.05. The van der Waals surface area contributed by atoms with E-state index in [4.69, 9.17) is 0 Å². The molecule has 1 aliphatic heterocycles. The summed E-state index contributed by atoms with van der Waals surface area (Å²) in [6.45, 7) is 7.87. The molecule has 0 radical (unpaired) electrons. The monoisotopic (exact) mass is 446 g/mol. The minimum absolute atomic E-state index is 0.939. The number of benzene rings is 1. The van der Waals surface area contributed by atoms with Gasteiger partial charge in [-0.2, -0.15) is 5.10 Å². The molecule has 25 heavy (non-hydrogen) atoms. The summed E-state index contributed by atoms with van der Waals surface area (Å²) in [5.74, 6) is 0. The quantitative estimate of drug-likeness (QED) is 0.451. The number of piperazine rings is 1. The number of nitrogens with zero attached hydrogens (tertiary/aromatic N) is 4. The normalized spacial score (nSPS) is 16.6. The van der Waals surface area contributed by atoms with Crippen molar-refractivity contribution in [2.24, 2.45) is 0 Å². The lowest BCUT2D eigenvalue weighted by Gasteiger charge is -2.31. The van der Waals surface area contributed by atoms with Gasteiger partial charge >= 0.3 is 0 Å². The van der Waals surface area contributed by atoms with Crippen molar-refractivity contribution in [3.8, 4) is 0 Å². The summed E-state index contributed by atoms with van der Waals surface area (Å²) in [4.78, 5) is 2.55. The van der Waals surface area contributed by atoms with Crippen LogP contribution in [0.15, 0.2) is 48.8 Å². The molecule has 130 valence electrons. The van der Waals surface area contributed by atoms with E-state index in [1.54, 1.807) is 0 Å². The molecule has 3 aromatic rings. The Labute approximate surface area is 162 Å². The van der Waals surface area contributed by atoms with Crippen LogP contribution in [-0.4, -0.2) is 43.8 Å². The first-order chi connectivity index (χ1) is 12.2. The number of fused-ring (bicyclic) bond motifs is 1. The van der Waals surface area contributed by atoms with E-state index < -0.39 is 0 Å². The smallest absolute Gasteiger partial charge is 0.0696 e. The first-order valence-electron chi connectivity index (χ1n) is 8.82. The Hall–Kier alpha value is -1.44. The van der Waals surface area contributed by atoms with E-state index in [9.17, 15) is 0 Å². The SMILES string of the molecule is Cc1ccc(CN2CCN(I)CC2)cc1Cc1cnn2ccccc12. The zero-order valence-corrected chi connectivity index (χ0v) is 16.7. The van der Waals surface area contributed by atoms with E-state index in [2.05, 4.69) is 73.2 Å². The lowest BCUT2D eigenvalue weighted by atomic mass is 9.98. The molecule has 3 heterocycles. The summed E-state index contributed by atoms with van der Waals surface area (Å²) in [6.07, 6.45) is 4.95. The molecular weight excluding hydrogens is 423 g/mol. The maximum Gasteiger partial charge on any atom is 0.0696 e. The van der Waals surface area contributed by atoms with Crippen molar-refractivity contribution in [3.05, 3.63) is 71.0 Å². The van der Waals surface area contributed by atoms with Crippen LogP contribution in [0.5, 0.6) is 0 Å². The van der Waals surface area contributed by atoms with Crippen LogP contribution in [0.4, 0.5) is 0 Å². The fourth-order valence-electron chi connectivity index (χ4n) is 3.48. The van der Waals surface area contributed by atoms with Crippen molar-refractivity contribution >= 4 is 28.4 Å². The van der Waals surface area contributed by atoms with Crippen LogP contribution >= 0.6 is 22.9 Å². The van der Waals surface area contributed by atoms with Crippen LogP contribution in [0.1, 0.15) is 22.3 Å². The third kappa shape index (κ3) is 3.88. The number of hydrogen-bond donors (Lipinski definition) is 0. The van der Waals surface area contributed by atoms with Crippen molar-refractivity contribution in [3.63, 3.8) is 0 Å². The molecule has 0 aliphatic carbocycles. The zero-order chi connectivity index (χ0) is 17.2. The van der Waals surface area contributed by atoms with Gasteiger partial charge in [0.05, 0.1) is 11.7 Å². The van der Waals surface area contributed by atoms with Crippen LogP contribution in [0.3, 0.4) is 0 Å². The zero-order valence-electron chi connectivity index (χ0n) is 14.5. The summed E-state index contributed by atoms with van der Waals surface area (Å²) in [5.41, 5.74) is 6.67. The molecule has 0 atom stereocenters. The molecule has 0 unspecified atom stereocenters. The summed E-state index contributed by atoms with van der Waals surface area (Å²) in [6, 6.07) is 13.2. The lowest BCUT2D eigenvalue weighted by molar-refractivity contribution is 0.198. The Morgan fingerprint density at radius 1 is 1.04 bits per heavy atom. The largest absolute Gasteiger partial charge is 0.296 e. The second-order valence-corrected chi connectivity index (χ2v) is 8.19. The van der Waals surface area contributed by atoms with Gasteiger partial charge in [0.15, 0.2) is 0 Å². The van der Waals surface area contributed by atoms with E-state index in [0.29, 0.717) is 0 Å². The number of hydrogen-bond acceptors (Lipinski definition) is 3. The number of halogens is 1. The van der Waals surface area contributed by atoms with Crippen LogP contribution in [0.25, 0.3) is 5.52 Å². The molecule has 0 spiro atoms. The molecule has 1 fully saturated rings. The third-order valence-electron chi connectivity index (χ3n) is 5.02. The molecule has 0 N–H and O–H groups in total. The second-order valence-electron chi connectivity index (χ2n) is 6.82. The van der Waals surface area contributed by atoms with Gasteiger partial charge in [0.25, 0.3) is 0 Å². The van der Waals surface area contributed by atoms with Crippen molar-refractivity contribution in [2.45, 2.75) is 19.9 Å². The van der Waals surface area contributed by atoms with Crippen molar-refractivity contribution in [2.75, 3.05) is 26.2 Å². The van der Waals surface area contributed by atoms with Crippen LogP contribution < -0.4 is 0 Å². The molecule has 1 saturated heterocycles. The third-order valence-corrected chi connectivity index (χ3v) is 5.99. The van der Waals surface area contributed by atoms with Gasteiger partial charge in [0.2, 0.25) is 0 Å². The molecule has 1 aliphatic rings. The topological polar surface area (TPSA) is 23.8 Å². The second kappa shape index (κ2) is 7.43. The predicted octanol–water partition coefficient (Wildman–Crippen LogP) is 3.70. The van der Waals surface area contributed by atoms with Crippen LogP contribution in [0.2, 0.25) is 0 Å². The highest BCUT2D eigenvalue weighted by Gasteiger charge is 2.15. The fourth-order valence-corrected chi connectivity index (χ4v) is 3.91. The maximum atomic E-state index is 4.47. The Balaban J connectivity index is 1.53. The molecule has 1 aromatic carbocycles. The molecule has 5 heteroatoms. The Morgan fingerprint density at radius 2 is 1.88 bits per heavy atom.